The van der Waals surface area contributed by atoms with Crippen LogP contribution in [0.1, 0.15) is 24.8 Å². The van der Waals surface area contributed by atoms with Crippen molar-refractivity contribution >= 4 is 22.2 Å². The molecule has 0 N–H and O–H groups in total. The van der Waals surface area contributed by atoms with E-state index in [2.05, 4.69) is 40.2 Å². The first-order chi connectivity index (χ1) is 6.74. The van der Waals surface area contributed by atoms with Gasteiger partial charge in [-0.05, 0) is 43.4 Å². The van der Waals surface area contributed by atoms with Crippen LogP contribution >= 0.6 is 15.9 Å². The summed E-state index contributed by atoms with van der Waals surface area (Å²) in [5.74, 6) is 0. The van der Waals surface area contributed by atoms with Crippen LogP contribution in [0.25, 0.3) is 0 Å². The third-order valence-electron chi connectivity index (χ3n) is 2.97. The predicted molar refractivity (Wildman–Crippen MR) is 60.2 cm³/mol. The maximum Gasteiger partial charge on any atom is 0.126 e. The smallest absolute Gasteiger partial charge is 0.126 e. The molecule has 0 aliphatic heterocycles. The van der Waals surface area contributed by atoms with Crippen LogP contribution in [0.3, 0.4) is 0 Å². The lowest BCUT2D eigenvalue weighted by Crippen LogP contribution is -2.03. The molecule has 1 aliphatic carbocycles. The molecule has 0 atom stereocenters. The van der Waals surface area contributed by atoms with Crippen molar-refractivity contribution < 1.29 is 4.79 Å². The van der Waals surface area contributed by atoms with E-state index < -0.39 is 0 Å². The van der Waals surface area contributed by atoms with Crippen LogP contribution in [-0.2, 0) is 11.2 Å². The molecule has 14 heavy (non-hydrogen) atoms. The number of hydrogen-bond donors (Lipinski definition) is 0. The summed E-state index contributed by atoms with van der Waals surface area (Å²) in [5.41, 5.74) is 1.37. The van der Waals surface area contributed by atoms with Crippen molar-refractivity contribution in [3.05, 3.63) is 34.3 Å². The van der Waals surface area contributed by atoms with Crippen LogP contribution in [0.5, 0.6) is 0 Å². The molecule has 2 rings (SSSR count). The largest absolute Gasteiger partial charge is 0.303 e. The number of aldehydes is 1. The third-order valence-corrected chi connectivity index (χ3v) is 3.50. The standard InChI is InChI=1S/C12H13BrO/c13-11-3-1-10(2-4-11)5-6-12(9-14)7-8-12/h1-4,9H,5-8H2. The van der Waals surface area contributed by atoms with Crippen molar-refractivity contribution in [1.82, 2.24) is 0 Å². The summed E-state index contributed by atoms with van der Waals surface area (Å²) < 4.78 is 1.11. The Morgan fingerprint density at radius 2 is 1.93 bits per heavy atom. The monoisotopic (exact) mass is 252 g/mol. The van der Waals surface area contributed by atoms with E-state index in [0.717, 1.165) is 36.4 Å². The van der Waals surface area contributed by atoms with Crippen molar-refractivity contribution in [2.24, 2.45) is 5.41 Å². The molecule has 1 fully saturated rings. The fourth-order valence-electron chi connectivity index (χ4n) is 1.63. The summed E-state index contributed by atoms with van der Waals surface area (Å²) in [7, 11) is 0. The van der Waals surface area contributed by atoms with Gasteiger partial charge in [0, 0.05) is 9.89 Å². The van der Waals surface area contributed by atoms with Gasteiger partial charge in [0.2, 0.25) is 0 Å². The van der Waals surface area contributed by atoms with Crippen molar-refractivity contribution in [2.45, 2.75) is 25.7 Å². The van der Waals surface area contributed by atoms with Gasteiger partial charge in [-0.15, -0.1) is 0 Å². The van der Waals surface area contributed by atoms with Crippen LogP contribution in [0.15, 0.2) is 28.7 Å². The van der Waals surface area contributed by atoms with Gasteiger partial charge in [0.25, 0.3) is 0 Å². The molecule has 0 heterocycles. The minimum Gasteiger partial charge on any atom is -0.303 e. The van der Waals surface area contributed by atoms with E-state index in [-0.39, 0.29) is 5.41 Å². The zero-order valence-electron chi connectivity index (χ0n) is 8.00. The van der Waals surface area contributed by atoms with Gasteiger partial charge in [0.1, 0.15) is 6.29 Å². The maximum atomic E-state index is 10.8. The van der Waals surface area contributed by atoms with Crippen molar-refractivity contribution in [3.8, 4) is 0 Å². The molecule has 0 saturated heterocycles. The SMILES string of the molecule is O=CC1(CCc2ccc(Br)cc2)CC1. The molecule has 0 unspecified atom stereocenters. The minimum absolute atomic E-state index is 0.0487. The van der Waals surface area contributed by atoms with Crippen molar-refractivity contribution in [2.75, 3.05) is 0 Å². The van der Waals surface area contributed by atoms with E-state index in [0.29, 0.717) is 0 Å². The lowest BCUT2D eigenvalue weighted by Gasteiger charge is -2.06. The van der Waals surface area contributed by atoms with Crippen LogP contribution in [0.2, 0.25) is 0 Å². The Balaban J connectivity index is 1.92. The predicted octanol–water partition coefficient (Wildman–Crippen LogP) is 3.36. The van der Waals surface area contributed by atoms with Gasteiger partial charge < -0.3 is 4.79 Å². The molecule has 0 amide bonds. The molecule has 1 aromatic carbocycles. The van der Waals surface area contributed by atoms with Crippen LogP contribution in [0.4, 0.5) is 0 Å². The molecule has 1 nitrogen and oxygen atoms in total. The summed E-state index contributed by atoms with van der Waals surface area (Å²) in [5, 5.41) is 0. The molecule has 1 aliphatic rings. The summed E-state index contributed by atoms with van der Waals surface area (Å²) in [6, 6.07) is 8.33. The molecular formula is C12H13BrO. The summed E-state index contributed by atoms with van der Waals surface area (Å²) in [6.45, 7) is 0. The molecule has 0 radical (unpaired) electrons. The number of benzene rings is 1. The van der Waals surface area contributed by atoms with E-state index in [1.165, 1.54) is 5.56 Å². The number of carbonyl (C=O) groups is 1. The quantitative estimate of drug-likeness (QED) is 0.752. The molecule has 0 spiro atoms. The molecule has 1 aromatic rings. The van der Waals surface area contributed by atoms with E-state index in [9.17, 15) is 4.79 Å². The Labute approximate surface area is 92.6 Å². The Hall–Kier alpha value is -0.630. The highest BCUT2D eigenvalue weighted by molar-refractivity contribution is 9.10. The van der Waals surface area contributed by atoms with Crippen molar-refractivity contribution in [3.63, 3.8) is 0 Å². The van der Waals surface area contributed by atoms with E-state index in [1.54, 1.807) is 0 Å². The number of rotatable bonds is 4. The molecule has 74 valence electrons. The Bertz CT molecular complexity index is 325. The highest BCUT2D eigenvalue weighted by Crippen LogP contribution is 2.47. The highest BCUT2D eigenvalue weighted by atomic mass is 79.9. The number of halogens is 1. The van der Waals surface area contributed by atoms with E-state index >= 15 is 0 Å². The Kier molecular flexibility index (Phi) is 2.73. The fourth-order valence-corrected chi connectivity index (χ4v) is 1.90. The van der Waals surface area contributed by atoms with Gasteiger partial charge in [-0.3, -0.25) is 0 Å². The zero-order valence-corrected chi connectivity index (χ0v) is 9.59. The average Bonchev–Trinajstić information content (AvgIpc) is 2.98. The van der Waals surface area contributed by atoms with Gasteiger partial charge >= 0.3 is 0 Å². The van der Waals surface area contributed by atoms with Gasteiger partial charge in [-0.2, -0.15) is 0 Å². The summed E-state index contributed by atoms with van der Waals surface area (Å²) in [4.78, 5) is 10.8. The number of carbonyl (C=O) groups excluding carboxylic acids is 1. The Morgan fingerprint density at radius 1 is 1.29 bits per heavy atom. The second kappa shape index (κ2) is 3.85. The molecular weight excluding hydrogens is 240 g/mol. The lowest BCUT2D eigenvalue weighted by atomic mass is 9.98. The van der Waals surface area contributed by atoms with Gasteiger partial charge in [0.15, 0.2) is 0 Å². The average molecular weight is 253 g/mol. The third kappa shape index (κ3) is 2.24. The first kappa shape index (κ1) is 9.91. The molecule has 0 bridgehead atoms. The lowest BCUT2D eigenvalue weighted by molar-refractivity contribution is -0.112. The second-order valence-corrected chi connectivity index (χ2v) is 5.02. The Morgan fingerprint density at radius 3 is 2.43 bits per heavy atom. The number of aryl methyl sites for hydroxylation is 1. The van der Waals surface area contributed by atoms with Crippen LogP contribution in [-0.4, -0.2) is 6.29 Å². The van der Waals surface area contributed by atoms with E-state index in [4.69, 9.17) is 0 Å². The number of hydrogen-bond acceptors (Lipinski definition) is 1. The second-order valence-electron chi connectivity index (χ2n) is 4.11. The zero-order chi connectivity index (χ0) is 10.0. The highest BCUT2D eigenvalue weighted by Gasteiger charge is 2.41. The first-order valence-electron chi connectivity index (χ1n) is 4.95. The summed E-state index contributed by atoms with van der Waals surface area (Å²) in [6.07, 6.45) is 5.36. The van der Waals surface area contributed by atoms with Gasteiger partial charge in [0.05, 0.1) is 0 Å². The fraction of sp³-hybridized carbons (Fsp3) is 0.417. The van der Waals surface area contributed by atoms with Gasteiger partial charge in [-0.25, -0.2) is 0 Å². The van der Waals surface area contributed by atoms with Crippen LogP contribution < -0.4 is 0 Å². The maximum absolute atomic E-state index is 10.8. The van der Waals surface area contributed by atoms with Crippen molar-refractivity contribution in [1.29, 1.82) is 0 Å². The minimum atomic E-state index is 0.0487. The topological polar surface area (TPSA) is 17.1 Å². The summed E-state index contributed by atoms with van der Waals surface area (Å²) >= 11 is 3.41. The van der Waals surface area contributed by atoms with Gasteiger partial charge in [-0.1, -0.05) is 28.1 Å². The van der Waals surface area contributed by atoms with E-state index in [1.807, 2.05) is 0 Å². The van der Waals surface area contributed by atoms with Crippen LogP contribution in [0, 0.1) is 5.41 Å². The molecule has 0 aromatic heterocycles. The normalized spacial score (nSPS) is 17.8. The molecule has 1 saturated carbocycles. The molecule has 2 heteroatoms. The first-order valence-corrected chi connectivity index (χ1v) is 5.74.